The molecular formula is C20H31NO7S. The van der Waals surface area contributed by atoms with E-state index in [-0.39, 0.29) is 25.1 Å². The fourth-order valence-corrected chi connectivity index (χ4v) is 1.13. The van der Waals surface area contributed by atoms with Crippen molar-refractivity contribution in [1.82, 2.24) is 0 Å². The van der Waals surface area contributed by atoms with Gasteiger partial charge in [-0.1, -0.05) is 33.1 Å². The van der Waals surface area contributed by atoms with Crippen molar-refractivity contribution in [3.63, 3.8) is 0 Å². The molecule has 0 radical (unpaired) electrons. The second-order valence-corrected chi connectivity index (χ2v) is 5.73. The molecule has 29 heavy (non-hydrogen) atoms. The lowest BCUT2D eigenvalue weighted by Crippen LogP contribution is -2.08. The Hall–Kier alpha value is -2.64. The number of thiol groups is 1. The Morgan fingerprint density at radius 2 is 1.48 bits per heavy atom. The van der Waals surface area contributed by atoms with Gasteiger partial charge in [0.25, 0.3) is 0 Å². The highest BCUT2D eigenvalue weighted by molar-refractivity contribution is 7.80. The van der Waals surface area contributed by atoms with E-state index in [0.717, 1.165) is 12.8 Å². The number of methoxy groups -OCH3 is 1. The summed E-state index contributed by atoms with van der Waals surface area (Å²) in [6.45, 7) is 16.2. The van der Waals surface area contributed by atoms with E-state index in [4.69, 9.17) is 4.74 Å². The molecule has 0 aromatic carbocycles. The van der Waals surface area contributed by atoms with Crippen LogP contribution in [0.4, 0.5) is 0 Å². The Balaban J connectivity index is -0.000000360. The number of isocyanates is 1. The number of nitrogens with zero attached hydrogens (tertiary/aromatic N) is 1. The molecule has 0 aromatic rings. The Labute approximate surface area is 178 Å². The lowest BCUT2D eigenvalue weighted by atomic mass is 10.3. The van der Waals surface area contributed by atoms with Crippen molar-refractivity contribution in [3.8, 4) is 0 Å². The van der Waals surface area contributed by atoms with Gasteiger partial charge in [-0.2, -0.15) is 12.6 Å². The summed E-state index contributed by atoms with van der Waals surface area (Å²) in [5.41, 5.74) is 1.19. The minimum absolute atomic E-state index is 0.0981. The molecule has 0 N–H and O–H groups in total. The number of unbranched alkanes of at least 4 members (excludes halogenated alkanes) is 1. The Morgan fingerprint density at radius 1 is 0.966 bits per heavy atom. The third-order valence-corrected chi connectivity index (χ3v) is 2.98. The number of carbonyl (C=O) groups excluding carboxylic acids is 4. The van der Waals surface area contributed by atoms with Crippen LogP contribution in [0.25, 0.3) is 0 Å². The van der Waals surface area contributed by atoms with Crippen molar-refractivity contribution in [2.75, 3.05) is 32.6 Å². The molecule has 0 unspecified atom stereocenters. The maximum Gasteiger partial charge on any atom is 0.334 e. The highest BCUT2D eigenvalue weighted by atomic mass is 32.1. The largest absolute Gasteiger partial charge is 0.466 e. The second-order valence-electron chi connectivity index (χ2n) is 5.41. The topological polar surface area (TPSA) is 108 Å². The lowest BCUT2D eigenvalue weighted by molar-refractivity contribution is -0.139. The molecular weight excluding hydrogens is 398 g/mol. The number of rotatable bonds is 10. The Bertz CT molecular complexity index is 608. The first-order chi connectivity index (χ1) is 13.6. The minimum Gasteiger partial charge on any atom is -0.466 e. The van der Waals surface area contributed by atoms with E-state index in [1.807, 2.05) is 6.92 Å². The van der Waals surface area contributed by atoms with Crippen molar-refractivity contribution in [3.05, 3.63) is 36.5 Å². The number of hydrogen-bond acceptors (Lipinski definition) is 9. The van der Waals surface area contributed by atoms with Crippen LogP contribution < -0.4 is 0 Å². The maximum atomic E-state index is 10.9. The lowest BCUT2D eigenvalue weighted by Gasteiger charge is -2.03. The quantitative estimate of drug-likeness (QED) is 0.108. The predicted octanol–water partition coefficient (Wildman–Crippen LogP) is 2.99. The van der Waals surface area contributed by atoms with Crippen molar-refractivity contribution in [1.29, 1.82) is 0 Å². The number of aliphatic imine (C=N–C) groups is 1. The van der Waals surface area contributed by atoms with E-state index in [2.05, 4.69) is 46.8 Å². The van der Waals surface area contributed by atoms with Gasteiger partial charge >= 0.3 is 17.9 Å². The fraction of sp³-hybridized carbons (Fsp3) is 0.500. The van der Waals surface area contributed by atoms with Crippen LogP contribution in [0.2, 0.25) is 0 Å². The molecule has 164 valence electrons. The summed E-state index contributed by atoms with van der Waals surface area (Å²) in [7, 11) is 1.33. The molecule has 0 aliphatic rings. The van der Waals surface area contributed by atoms with Crippen LogP contribution in [-0.2, 0) is 33.4 Å². The summed E-state index contributed by atoms with van der Waals surface area (Å²) in [6, 6.07) is 0. The summed E-state index contributed by atoms with van der Waals surface area (Å²) in [6.07, 6.45) is 3.27. The van der Waals surface area contributed by atoms with Gasteiger partial charge in [0.2, 0.25) is 6.08 Å². The molecule has 0 saturated carbocycles. The van der Waals surface area contributed by atoms with Crippen LogP contribution in [0, 0.1) is 0 Å². The van der Waals surface area contributed by atoms with Gasteiger partial charge in [-0.3, -0.25) is 0 Å². The van der Waals surface area contributed by atoms with Gasteiger partial charge in [0.15, 0.2) is 0 Å². The predicted molar refractivity (Wildman–Crippen MR) is 114 cm³/mol. The van der Waals surface area contributed by atoms with Crippen molar-refractivity contribution in [2.45, 2.75) is 33.6 Å². The van der Waals surface area contributed by atoms with Gasteiger partial charge in [-0.25, -0.2) is 24.2 Å². The SMILES string of the molecule is C=C(C)C(=O)OC.C=C(C)C(=O)OCCN=C=O.C=C(CS)C(=O)OCCCC. The van der Waals surface area contributed by atoms with Crippen LogP contribution in [0.5, 0.6) is 0 Å². The highest BCUT2D eigenvalue weighted by Gasteiger charge is 2.04. The number of hydrogen-bond donors (Lipinski definition) is 1. The van der Waals surface area contributed by atoms with Gasteiger partial charge in [0.05, 0.1) is 20.3 Å². The van der Waals surface area contributed by atoms with Crippen molar-refractivity contribution < 1.29 is 33.4 Å². The summed E-state index contributed by atoms with van der Waals surface area (Å²) in [5.74, 6) is -0.773. The summed E-state index contributed by atoms with van der Waals surface area (Å²) < 4.78 is 13.7. The van der Waals surface area contributed by atoms with E-state index in [1.165, 1.54) is 13.2 Å². The molecule has 0 aromatic heterocycles. The van der Waals surface area contributed by atoms with Crippen molar-refractivity contribution in [2.24, 2.45) is 4.99 Å². The third-order valence-electron chi connectivity index (χ3n) is 2.59. The molecule has 0 rings (SSSR count). The zero-order chi connectivity index (χ0) is 23.2. The standard InChI is InChI=1S/C8H14O2S.C7H9NO3.C5H8O2/c1-3-4-5-10-8(9)7(2)6-11;1-6(2)7(10)11-4-3-8-5-9;1-4(2)5(6)7-3/h11H,2-6H2,1H3;1,3-4H2,2H3;1H2,2-3H3. The number of carbonyl (C=O) groups is 3. The highest BCUT2D eigenvalue weighted by Crippen LogP contribution is 1.98. The van der Waals surface area contributed by atoms with Gasteiger partial charge in [0.1, 0.15) is 6.61 Å². The van der Waals surface area contributed by atoms with Gasteiger partial charge < -0.3 is 14.2 Å². The molecule has 0 aliphatic heterocycles. The molecule has 0 atom stereocenters. The van der Waals surface area contributed by atoms with Crippen LogP contribution in [-0.4, -0.2) is 56.6 Å². The van der Waals surface area contributed by atoms with E-state index >= 15 is 0 Å². The molecule has 0 bridgehead atoms. The molecule has 0 spiro atoms. The number of esters is 3. The first-order valence-corrected chi connectivity index (χ1v) is 9.27. The van der Waals surface area contributed by atoms with E-state index < -0.39 is 5.97 Å². The molecule has 0 fully saturated rings. The van der Waals surface area contributed by atoms with Gasteiger partial charge in [-0.05, 0) is 20.3 Å². The molecule has 0 amide bonds. The average molecular weight is 430 g/mol. The zero-order valence-electron chi connectivity index (χ0n) is 17.6. The Morgan fingerprint density at radius 3 is 1.83 bits per heavy atom. The molecule has 0 aliphatic carbocycles. The zero-order valence-corrected chi connectivity index (χ0v) is 18.5. The molecule has 0 saturated heterocycles. The number of ether oxygens (including phenoxy) is 3. The van der Waals surface area contributed by atoms with Crippen LogP contribution in [0.3, 0.4) is 0 Å². The van der Waals surface area contributed by atoms with Crippen LogP contribution in [0.1, 0.15) is 33.6 Å². The maximum absolute atomic E-state index is 10.9. The Kier molecular flexibility index (Phi) is 23.2. The molecule has 8 nitrogen and oxygen atoms in total. The molecule has 0 heterocycles. The van der Waals surface area contributed by atoms with Crippen LogP contribution >= 0.6 is 12.6 Å². The van der Waals surface area contributed by atoms with E-state index in [1.54, 1.807) is 13.8 Å². The second kappa shape index (κ2) is 21.7. The van der Waals surface area contributed by atoms with Gasteiger partial charge in [-0.15, -0.1) is 0 Å². The fourth-order valence-electron chi connectivity index (χ4n) is 1.00. The van der Waals surface area contributed by atoms with E-state index in [0.29, 0.717) is 29.1 Å². The average Bonchev–Trinajstić information content (AvgIpc) is 2.70. The summed E-state index contributed by atoms with van der Waals surface area (Å²) >= 11 is 3.90. The summed E-state index contributed by atoms with van der Waals surface area (Å²) in [5, 5.41) is 0. The monoisotopic (exact) mass is 429 g/mol. The van der Waals surface area contributed by atoms with Gasteiger partial charge in [0, 0.05) is 22.5 Å². The summed E-state index contributed by atoms with van der Waals surface area (Å²) in [4.78, 5) is 44.4. The smallest absolute Gasteiger partial charge is 0.334 e. The first-order valence-electron chi connectivity index (χ1n) is 8.64. The van der Waals surface area contributed by atoms with E-state index in [9.17, 15) is 19.2 Å². The first kappa shape index (κ1) is 31.1. The minimum atomic E-state index is -0.467. The normalized spacial score (nSPS) is 8.45. The van der Waals surface area contributed by atoms with Crippen molar-refractivity contribution >= 4 is 36.6 Å². The third kappa shape index (κ3) is 23.3. The van der Waals surface area contributed by atoms with Crippen LogP contribution in [0.15, 0.2) is 41.4 Å². The molecule has 9 heteroatoms.